The zero-order valence-electron chi connectivity index (χ0n) is 14.7. The van der Waals surface area contributed by atoms with Crippen LogP contribution in [0.4, 0.5) is 13.2 Å². The van der Waals surface area contributed by atoms with Gasteiger partial charge in [0.25, 0.3) is 5.91 Å². The van der Waals surface area contributed by atoms with Gasteiger partial charge in [-0.3, -0.25) is 9.20 Å². The van der Waals surface area contributed by atoms with Crippen molar-refractivity contribution >= 4 is 27.5 Å². The Morgan fingerprint density at radius 3 is 2.36 bits per heavy atom. The summed E-state index contributed by atoms with van der Waals surface area (Å²) in [5.74, 6) is 0.191. The first-order chi connectivity index (χ1) is 13.3. The molecule has 28 heavy (non-hydrogen) atoms. The van der Waals surface area contributed by atoms with Crippen LogP contribution in [0.5, 0.6) is 0 Å². The maximum atomic E-state index is 12.8. The maximum Gasteiger partial charge on any atom is 0.416 e. The molecule has 1 saturated heterocycles. The number of nitrogens with zero attached hydrogens (tertiary/aromatic N) is 4. The highest BCUT2D eigenvalue weighted by atomic mass is 79.9. The number of aromatic nitrogens is 3. The quantitative estimate of drug-likeness (QED) is 0.573. The van der Waals surface area contributed by atoms with E-state index in [1.807, 2.05) is 6.07 Å². The summed E-state index contributed by atoms with van der Waals surface area (Å²) in [5, 5.41) is 8.03. The molecule has 4 rings (SSSR count). The number of alkyl halides is 3. The van der Waals surface area contributed by atoms with E-state index >= 15 is 0 Å². The molecule has 0 unspecified atom stereocenters. The third kappa shape index (κ3) is 3.63. The van der Waals surface area contributed by atoms with Crippen molar-refractivity contribution in [1.29, 1.82) is 0 Å². The molecule has 3 aromatic rings. The van der Waals surface area contributed by atoms with Crippen molar-refractivity contribution in [2.75, 3.05) is 13.1 Å². The summed E-state index contributed by atoms with van der Waals surface area (Å²) < 4.78 is 40.6. The third-order valence-corrected chi connectivity index (χ3v) is 5.52. The minimum atomic E-state index is -4.33. The van der Waals surface area contributed by atoms with E-state index < -0.39 is 11.7 Å². The van der Waals surface area contributed by atoms with Crippen LogP contribution in [-0.2, 0) is 6.18 Å². The summed E-state index contributed by atoms with van der Waals surface area (Å²) in [7, 11) is 0. The molecule has 1 aliphatic rings. The summed E-state index contributed by atoms with van der Waals surface area (Å²) in [6.07, 6.45) is -1.20. The van der Waals surface area contributed by atoms with Crippen LogP contribution in [-0.4, -0.2) is 38.5 Å². The Kier molecular flexibility index (Phi) is 4.86. The van der Waals surface area contributed by atoms with Gasteiger partial charge in [-0.15, -0.1) is 10.2 Å². The second-order valence-corrected chi connectivity index (χ2v) is 7.70. The minimum absolute atomic E-state index is 0.135. The number of carbonyl (C=O) groups excluding carboxylic acids is 1. The fraction of sp³-hybridized carbons (Fsp3) is 0.316. The number of fused-ring (bicyclic) bond motifs is 1. The van der Waals surface area contributed by atoms with Crippen molar-refractivity contribution in [1.82, 2.24) is 19.5 Å². The van der Waals surface area contributed by atoms with E-state index in [0.717, 1.165) is 22.2 Å². The molecule has 1 amide bonds. The van der Waals surface area contributed by atoms with Crippen LogP contribution in [0.2, 0.25) is 0 Å². The summed E-state index contributed by atoms with van der Waals surface area (Å²) in [5.41, 5.74) is 0.817. The molecule has 1 aromatic carbocycles. The van der Waals surface area contributed by atoms with Gasteiger partial charge in [0, 0.05) is 23.8 Å². The highest BCUT2D eigenvalue weighted by Gasteiger charge is 2.31. The predicted octanol–water partition coefficient (Wildman–Crippen LogP) is 4.53. The van der Waals surface area contributed by atoms with Crippen LogP contribution in [0, 0.1) is 0 Å². The fourth-order valence-electron chi connectivity index (χ4n) is 3.51. The highest BCUT2D eigenvalue weighted by molar-refractivity contribution is 9.10. The van der Waals surface area contributed by atoms with Gasteiger partial charge in [-0.25, -0.2) is 0 Å². The van der Waals surface area contributed by atoms with Gasteiger partial charge in [-0.2, -0.15) is 13.2 Å². The first-order valence-electron chi connectivity index (χ1n) is 8.79. The lowest BCUT2D eigenvalue weighted by atomic mass is 9.89. The van der Waals surface area contributed by atoms with Crippen LogP contribution in [0.3, 0.4) is 0 Å². The predicted molar refractivity (Wildman–Crippen MR) is 100 cm³/mol. The summed E-state index contributed by atoms with van der Waals surface area (Å²) in [6.45, 7) is 1.04. The summed E-state index contributed by atoms with van der Waals surface area (Å²) >= 11 is 3.38. The van der Waals surface area contributed by atoms with Crippen molar-refractivity contribution in [3.05, 3.63) is 64.0 Å². The molecule has 3 heterocycles. The number of piperidine rings is 1. The van der Waals surface area contributed by atoms with E-state index in [9.17, 15) is 18.0 Å². The average Bonchev–Trinajstić information content (AvgIpc) is 3.10. The molecule has 0 atom stereocenters. The van der Waals surface area contributed by atoms with E-state index in [4.69, 9.17) is 0 Å². The van der Waals surface area contributed by atoms with Crippen LogP contribution in [0.15, 0.2) is 47.1 Å². The number of likely N-dealkylation sites (tertiary alicyclic amines) is 1. The number of amides is 1. The Balaban J connectivity index is 1.45. The lowest BCUT2D eigenvalue weighted by molar-refractivity contribution is -0.137. The molecule has 0 spiro atoms. The van der Waals surface area contributed by atoms with Crippen molar-refractivity contribution in [2.45, 2.75) is 24.9 Å². The topological polar surface area (TPSA) is 50.5 Å². The lowest BCUT2D eigenvalue weighted by Crippen LogP contribution is -2.38. The van der Waals surface area contributed by atoms with Gasteiger partial charge in [-0.05, 0) is 64.5 Å². The number of hydrogen-bond acceptors (Lipinski definition) is 3. The van der Waals surface area contributed by atoms with Gasteiger partial charge in [-0.1, -0.05) is 12.1 Å². The van der Waals surface area contributed by atoms with Gasteiger partial charge in [0.05, 0.1) is 5.56 Å². The minimum Gasteiger partial charge on any atom is -0.336 e. The van der Waals surface area contributed by atoms with E-state index in [-0.39, 0.29) is 17.6 Å². The van der Waals surface area contributed by atoms with E-state index in [0.29, 0.717) is 31.6 Å². The van der Waals surface area contributed by atoms with Crippen LogP contribution in [0.1, 0.15) is 40.5 Å². The van der Waals surface area contributed by atoms with E-state index in [1.54, 1.807) is 21.6 Å². The zero-order valence-corrected chi connectivity index (χ0v) is 16.2. The molecule has 0 radical (unpaired) electrons. The molecular formula is C19H16BrF3N4O. The molecule has 0 saturated carbocycles. The van der Waals surface area contributed by atoms with Gasteiger partial charge in [0.2, 0.25) is 5.82 Å². The average molecular weight is 453 g/mol. The Bertz CT molecular complexity index is 1010. The number of pyridine rings is 1. The molecule has 5 nitrogen and oxygen atoms in total. The summed E-state index contributed by atoms with van der Waals surface area (Å²) in [6, 6.07) is 8.90. The molecular weight excluding hydrogens is 437 g/mol. The second kappa shape index (κ2) is 7.20. The molecule has 1 aliphatic heterocycles. The monoisotopic (exact) mass is 452 g/mol. The highest BCUT2D eigenvalue weighted by Crippen LogP contribution is 2.33. The number of rotatable bonds is 2. The smallest absolute Gasteiger partial charge is 0.336 e. The number of benzene rings is 1. The van der Waals surface area contributed by atoms with E-state index in [1.165, 1.54) is 12.1 Å². The summed E-state index contributed by atoms with van der Waals surface area (Å²) in [4.78, 5) is 14.6. The largest absolute Gasteiger partial charge is 0.416 e. The van der Waals surface area contributed by atoms with Gasteiger partial charge in [0.15, 0.2) is 5.65 Å². The van der Waals surface area contributed by atoms with Crippen molar-refractivity contribution in [3.8, 4) is 0 Å². The third-order valence-electron chi connectivity index (χ3n) is 5.05. The van der Waals surface area contributed by atoms with Crippen molar-refractivity contribution in [3.63, 3.8) is 0 Å². The van der Waals surface area contributed by atoms with Gasteiger partial charge in [0.1, 0.15) is 0 Å². The number of halogens is 4. The Morgan fingerprint density at radius 2 is 1.71 bits per heavy atom. The first kappa shape index (κ1) is 18.9. The first-order valence-corrected chi connectivity index (χ1v) is 9.59. The SMILES string of the molecule is O=C(c1nnc2ccc(Br)cn12)N1CCC(c2ccc(C(F)(F)F)cc2)CC1. The lowest BCUT2D eigenvalue weighted by Gasteiger charge is -2.31. The Morgan fingerprint density at radius 1 is 1.04 bits per heavy atom. The Hall–Kier alpha value is -2.42. The molecule has 0 bridgehead atoms. The molecule has 9 heteroatoms. The normalized spacial score (nSPS) is 15.9. The van der Waals surface area contributed by atoms with E-state index in [2.05, 4.69) is 26.1 Å². The molecule has 0 N–H and O–H groups in total. The Labute approximate surface area is 167 Å². The molecule has 0 aliphatic carbocycles. The van der Waals surface area contributed by atoms with Gasteiger partial charge >= 0.3 is 6.18 Å². The van der Waals surface area contributed by atoms with Crippen LogP contribution in [0.25, 0.3) is 5.65 Å². The number of hydrogen-bond donors (Lipinski definition) is 0. The van der Waals surface area contributed by atoms with Crippen LogP contribution >= 0.6 is 15.9 Å². The van der Waals surface area contributed by atoms with Gasteiger partial charge < -0.3 is 4.90 Å². The standard InChI is InChI=1S/C19H16BrF3N4O/c20-15-5-6-16-24-25-17(27(16)11-15)18(28)26-9-7-13(8-10-26)12-1-3-14(4-2-12)19(21,22)23/h1-6,11,13H,7-10H2. The molecule has 146 valence electrons. The molecule has 1 fully saturated rings. The van der Waals surface area contributed by atoms with Crippen molar-refractivity contribution < 1.29 is 18.0 Å². The molecule has 2 aromatic heterocycles. The number of carbonyl (C=O) groups is 1. The second-order valence-electron chi connectivity index (χ2n) is 6.79. The van der Waals surface area contributed by atoms with Crippen molar-refractivity contribution in [2.24, 2.45) is 0 Å². The zero-order chi connectivity index (χ0) is 19.9. The maximum absolute atomic E-state index is 12.8. The van der Waals surface area contributed by atoms with Crippen LogP contribution < -0.4 is 0 Å². The fourth-order valence-corrected chi connectivity index (χ4v) is 3.85.